The number of nitrogens with two attached hydrogens (primary N) is 1. The first-order chi connectivity index (χ1) is 8.19. The van der Waals surface area contributed by atoms with Crippen molar-refractivity contribution in [1.82, 2.24) is 4.98 Å². The van der Waals surface area contributed by atoms with Gasteiger partial charge in [-0.3, -0.25) is 0 Å². The molecule has 2 N–H and O–H groups in total. The van der Waals surface area contributed by atoms with Gasteiger partial charge in [-0.05, 0) is 40.2 Å². The van der Waals surface area contributed by atoms with Gasteiger partial charge in [-0.1, -0.05) is 17.8 Å². The summed E-state index contributed by atoms with van der Waals surface area (Å²) in [6.45, 7) is 0. The molecule has 1 aromatic heterocycles. The average Bonchev–Trinajstić information content (AvgIpc) is 2.33. The maximum atomic E-state index is 5.90. The van der Waals surface area contributed by atoms with Gasteiger partial charge in [-0.25, -0.2) is 4.98 Å². The quantitative estimate of drug-likeness (QED) is 0.941. The normalized spacial score (nSPS) is 10.2. The Balaban J connectivity index is 2.25. The maximum absolute atomic E-state index is 5.90. The van der Waals surface area contributed by atoms with Crippen LogP contribution in [-0.4, -0.2) is 12.1 Å². The Bertz CT molecular complexity index is 534. The van der Waals surface area contributed by atoms with Crippen molar-refractivity contribution in [2.24, 2.45) is 0 Å². The van der Waals surface area contributed by atoms with Crippen LogP contribution in [0.4, 0.5) is 5.69 Å². The van der Waals surface area contributed by atoms with Crippen molar-refractivity contribution < 1.29 is 4.74 Å². The summed E-state index contributed by atoms with van der Waals surface area (Å²) in [5, 5.41) is 0.793. The molecule has 0 unspecified atom stereocenters. The number of benzene rings is 1. The van der Waals surface area contributed by atoms with E-state index in [0.29, 0.717) is 5.69 Å². The zero-order valence-corrected chi connectivity index (χ0v) is 11.6. The summed E-state index contributed by atoms with van der Waals surface area (Å²) in [5.41, 5.74) is 6.55. The van der Waals surface area contributed by atoms with Crippen LogP contribution in [0.3, 0.4) is 0 Å². The van der Waals surface area contributed by atoms with E-state index in [-0.39, 0.29) is 0 Å². The Labute approximate surface area is 113 Å². The number of hydrogen-bond acceptors (Lipinski definition) is 4. The fourth-order valence-electron chi connectivity index (χ4n) is 1.30. The van der Waals surface area contributed by atoms with E-state index in [0.717, 1.165) is 20.1 Å². The van der Waals surface area contributed by atoms with E-state index in [1.165, 1.54) is 11.8 Å². The number of nitrogen functional groups attached to an aromatic ring is 1. The van der Waals surface area contributed by atoms with Gasteiger partial charge in [-0.15, -0.1) is 0 Å². The molecule has 88 valence electrons. The third-order valence-corrected chi connectivity index (χ3v) is 3.56. The lowest BCUT2D eigenvalue weighted by molar-refractivity contribution is 0.413. The molecule has 0 amide bonds. The number of hydrogen-bond donors (Lipinski definition) is 1. The predicted octanol–water partition coefficient (Wildman–Crippen LogP) is 3.59. The van der Waals surface area contributed by atoms with E-state index in [4.69, 9.17) is 10.5 Å². The number of ether oxygens (including phenoxy) is 1. The van der Waals surface area contributed by atoms with Crippen LogP contribution in [0.5, 0.6) is 5.75 Å². The lowest BCUT2D eigenvalue weighted by Gasteiger charge is -2.06. The smallest absolute Gasteiger partial charge is 0.124 e. The third-order valence-electron chi connectivity index (χ3n) is 2.10. The van der Waals surface area contributed by atoms with Gasteiger partial charge in [0.05, 0.1) is 12.8 Å². The van der Waals surface area contributed by atoms with E-state index in [2.05, 4.69) is 20.9 Å². The highest BCUT2D eigenvalue weighted by Crippen LogP contribution is 2.32. The fourth-order valence-corrected chi connectivity index (χ4v) is 2.48. The highest BCUT2D eigenvalue weighted by atomic mass is 79.9. The molecule has 0 spiro atoms. The van der Waals surface area contributed by atoms with Crippen molar-refractivity contribution in [2.75, 3.05) is 12.8 Å². The summed E-state index contributed by atoms with van der Waals surface area (Å²) < 4.78 is 6.05. The molecule has 17 heavy (non-hydrogen) atoms. The second-order valence-electron chi connectivity index (χ2n) is 3.33. The predicted molar refractivity (Wildman–Crippen MR) is 73.5 cm³/mol. The van der Waals surface area contributed by atoms with Crippen LogP contribution >= 0.6 is 27.7 Å². The highest BCUT2D eigenvalue weighted by molar-refractivity contribution is 9.10. The molecule has 0 saturated carbocycles. The lowest BCUT2D eigenvalue weighted by atomic mass is 10.3. The van der Waals surface area contributed by atoms with Gasteiger partial charge in [0.1, 0.15) is 10.8 Å². The molecule has 2 aromatic rings. The Morgan fingerprint density at radius 3 is 2.88 bits per heavy atom. The number of methoxy groups -OCH3 is 1. The largest absolute Gasteiger partial charge is 0.497 e. The molecule has 0 aliphatic rings. The van der Waals surface area contributed by atoms with Crippen LogP contribution in [0.1, 0.15) is 0 Å². The third kappa shape index (κ3) is 3.14. The summed E-state index contributed by atoms with van der Waals surface area (Å²) in [6, 6.07) is 9.64. The topological polar surface area (TPSA) is 48.1 Å². The van der Waals surface area contributed by atoms with E-state index in [9.17, 15) is 0 Å². The Hall–Kier alpha value is -1.20. The second kappa shape index (κ2) is 5.42. The molecule has 1 heterocycles. The van der Waals surface area contributed by atoms with Gasteiger partial charge in [-0.2, -0.15) is 0 Å². The average molecular weight is 311 g/mol. The summed E-state index contributed by atoms with van der Waals surface area (Å²) in [5.74, 6) is 0.825. The zero-order valence-electron chi connectivity index (χ0n) is 9.18. The van der Waals surface area contributed by atoms with Gasteiger partial charge >= 0.3 is 0 Å². The minimum absolute atomic E-state index is 0.659. The van der Waals surface area contributed by atoms with Crippen LogP contribution in [0.2, 0.25) is 0 Å². The second-order valence-corrected chi connectivity index (χ2v) is 5.31. The first kappa shape index (κ1) is 12.3. The lowest BCUT2D eigenvalue weighted by Crippen LogP contribution is -1.91. The number of halogens is 1. The van der Waals surface area contributed by atoms with Crippen molar-refractivity contribution in [3.05, 3.63) is 41.0 Å². The van der Waals surface area contributed by atoms with E-state index >= 15 is 0 Å². The van der Waals surface area contributed by atoms with Gasteiger partial charge in [0.2, 0.25) is 0 Å². The molecular weight excluding hydrogens is 300 g/mol. The van der Waals surface area contributed by atoms with E-state index < -0.39 is 0 Å². The van der Waals surface area contributed by atoms with Crippen LogP contribution < -0.4 is 10.5 Å². The number of aromatic nitrogens is 1. The van der Waals surface area contributed by atoms with Crippen molar-refractivity contribution in [2.45, 2.75) is 9.92 Å². The summed E-state index contributed by atoms with van der Waals surface area (Å²) in [4.78, 5) is 5.33. The maximum Gasteiger partial charge on any atom is 0.124 e. The molecule has 2 rings (SSSR count). The molecule has 0 fully saturated rings. The minimum Gasteiger partial charge on any atom is -0.497 e. The standard InChI is InChI=1S/C12H11BrN2OS/c1-16-9-3-2-4-10(6-9)17-12-11(14)5-8(13)7-15-12/h2-7H,14H2,1H3. The minimum atomic E-state index is 0.659. The number of pyridine rings is 1. The molecular formula is C12H11BrN2OS. The number of rotatable bonds is 3. The number of anilines is 1. The van der Waals surface area contributed by atoms with Crippen LogP contribution in [0.15, 0.2) is 50.9 Å². The molecule has 0 atom stereocenters. The first-order valence-electron chi connectivity index (χ1n) is 4.92. The van der Waals surface area contributed by atoms with Crippen molar-refractivity contribution in [3.63, 3.8) is 0 Å². The highest BCUT2D eigenvalue weighted by Gasteiger charge is 2.05. The van der Waals surface area contributed by atoms with E-state index in [1.54, 1.807) is 13.3 Å². The van der Waals surface area contributed by atoms with Gasteiger partial charge in [0.15, 0.2) is 0 Å². The Kier molecular flexibility index (Phi) is 3.91. The van der Waals surface area contributed by atoms with Crippen molar-refractivity contribution in [1.29, 1.82) is 0 Å². The molecule has 0 bridgehead atoms. The van der Waals surface area contributed by atoms with Gasteiger partial charge < -0.3 is 10.5 Å². The van der Waals surface area contributed by atoms with Crippen LogP contribution in [0, 0.1) is 0 Å². The summed E-state index contributed by atoms with van der Waals surface area (Å²) >= 11 is 4.85. The fraction of sp³-hybridized carbons (Fsp3) is 0.0833. The summed E-state index contributed by atoms with van der Waals surface area (Å²) in [6.07, 6.45) is 1.73. The monoisotopic (exact) mass is 310 g/mol. The molecule has 1 aromatic carbocycles. The first-order valence-corrected chi connectivity index (χ1v) is 6.53. The van der Waals surface area contributed by atoms with Gasteiger partial charge in [0, 0.05) is 15.6 Å². The summed E-state index contributed by atoms with van der Waals surface area (Å²) in [7, 11) is 1.65. The van der Waals surface area contributed by atoms with Gasteiger partial charge in [0.25, 0.3) is 0 Å². The molecule has 0 radical (unpaired) electrons. The molecule has 3 nitrogen and oxygen atoms in total. The Morgan fingerprint density at radius 2 is 2.18 bits per heavy atom. The molecule has 5 heteroatoms. The van der Waals surface area contributed by atoms with Crippen LogP contribution in [0.25, 0.3) is 0 Å². The van der Waals surface area contributed by atoms with Crippen molar-refractivity contribution >= 4 is 33.4 Å². The molecule has 0 aliphatic heterocycles. The van der Waals surface area contributed by atoms with E-state index in [1.807, 2.05) is 30.3 Å². The molecule has 0 saturated heterocycles. The SMILES string of the molecule is COc1cccc(Sc2ncc(Br)cc2N)c1. The van der Waals surface area contributed by atoms with Crippen LogP contribution in [-0.2, 0) is 0 Å². The Morgan fingerprint density at radius 1 is 1.35 bits per heavy atom. The number of nitrogens with zero attached hydrogens (tertiary/aromatic N) is 1. The molecule has 0 aliphatic carbocycles. The zero-order chi connectivity index (χ0) is 12.3. The van der Waals surface area contributed by atoms with Crippen molar-refractivity contribution in [3.8, 4) is 5.75 Å².